The van der Waals surface area contributed by atoms with Gasteiger partial charge in [-0.15, -0.1) is 0 Å². The summed E-state index contributed by atoms with van der Waals surface area (Å²) in [4.78, 5) is 0. The van der Waals surface area contributed by atoms with E-state index in [9.17, 15) is 0 Å². The van der Waals surface area contributed by atoms with Gasteiger partial charge in [-0.3, -0.25) is 4.68 Å². The molecule has 108 valence electrons. The maximum Gasteiger partial charge on any atom is 0.0823 e. The molecule has 19 heavy (non-hydrogen) atoms. The maximum atomic E-state index is 6.32. The number of hydrogen-bond donors (Lipinski definition) is 1. The summed E-state index contributed by atoms with van der Waals surface area (Å²) in [6, 6.07) is 0.754. The van der Waals surface area contributed by atoms with Crippen LogP contribution in [0.1, 0.15) is 38.8 Å². The van der Waals surface area contributed by atoms with Crippen molar-refractivity contribution in [2.24, 2.45) is 0 Å². The highest BCUT2D eigenvalue weighted by Crippen LogP contribution is 2.32. The zero-order valence-corrected chi connectivity index (χ0v) is 12.8. The molecule has 0 aliphatic heterocycles. The Hall–Kier alpha value is -0.580. The lowest BCUT2D eigenvalue weighted by molar-refractivity contribution is 0.180. The molecule has 0 aromatic carbocycles. The van der Waals surface area contributed by atoms with Crippen LogP contribution in [-0.2, 0) is 16.7 Å². The first kappa shape index (κ1) is 14.8. The SMILES string of the molecule is COCCn1ncc(Cl)c1C(C)(C)CCNC1CC1. The molecule has 1 aromatic rings. The molecule has 0 atom stereocenters. The Bertz CT molecular complexity index is 413. The molecule has 1 aromatic heterocycles. The summed E-state index contributed by atoms with van der Waals surface area (Å²) < 4.78 is 7.10. The van der Waals surface area contributed by atoms with Crippen molar-refractivity contribution in [3.63, 3.8) is 0 Å². The van der Waals surface area contributed by atoms with Gasteiger partial charge in [0.15, 0.2) is 0 Å². The second-order valence-electron chi connectivity index (χ2n) is 5.92. The average molecular weight is 286 g/mol. The van der Waals surface area contributed by atoms with Crippen LogP contribution >= 0.6 is 11.6 Å². The standard InChI is InChI=1S/C14H24ClN3O/c1-14(2,6-7-16-11-4-5-11)13-12(15)10-17-18(13)8-9-19-3/h10-11,16H,4-9H2,1-3H3. The fourth-order valence-corrected chi connectivity index (χ4v) is 2.77. The lowest BCUT2D eigenvalue weighted by atomic mass is 9.85. The minimum Gasteiger partial charge on any atom is -0.383 e. The molecule has 1 aliphatic carbocycles. The molecule has 1 aliphatic rings. The zero-order valence-electron chi connectivity index (χ0n) is 12.1. The molecule has 5 heteroatoms. The largest absolute Gasteiger partial charge is 0.383 e. The van der Waals surface area contributed by atoms with Crippen LogP contribution in [-0.4, -0.2) is 36.1 Å². The Morgan fingerprint density at radius 1 is 1.53 bits per heavy atom. The molecule has 0 amide bonds. The van der Waals surface area contributed by atoms with Crippen molar-refractivity contribution in [3.05, 3.63) is 16.9 Å². The highest BCUT2D eigenvalue weighted by molar-refractivity contribution is 6.31. The lowest BCUT2D eigenvalue weighted by Crippen LogP contribution is -2.29. The first-order chi connectivity index (χ1) is 9.04. The number of halogens is 1. The Morgan fingerprint density at radius 3 is 2.89 bits per heavy atom. The van der Waals surface area contributed by atoms with E-state index in [0.717, 1.165) is 36.3 Å². The third-order valence-corrected chi connectivity index (χ3v) is 3.98. The number of hydrogen-bond acceptors (Lipinski definition) is 3. The molecular weight excluding hydrogens is 262 g/mol. The smallest absolute Gasteiger partial charge is 0.0823 e. The molecule has 4 nitrogen and oxygen atoms in total. The van der Waals surface area contributed by atoms with Crippen LogP contribution in [0.5, 0.6) is 0 Å². The van der Waals surface area contributed by atoms with Gasteiger partial charge in [0, 0.05) is 18.6 Å². The van der Waals surface area contributed by atoms with Crippen LogP contribution in [0.25, 0.3) is 0 Å². The fraction of sp³-hybridized carbons (Fsp3) is 0.786. The molecule has 2 rings (SSSR count). The van der Waals surface area contributed by atoms with Crippen LogP contribution in [0, 0.1) is 0 Å². The maximum absolute atomic E-state index is 6.32. The summed E-state index contributed by atoms with van der Waals surface area (Å²) in [5.74, 6) is 0. The number of ether oxygens (including phenoxy) is 1. The molecule has 0 spiro atoms. The summed E-state index contributed by atoms with van der Waals surface area (Å²) >= 11 is 6.32. The normalized spacial score (nSPS) is 16.0. The minimum absolute atomic E-state index is 0.0171. The molecule has 1 N–H and O–H groups in total. The summed E-state index contributed by atoms with van der Waals surface area (Å²) in [5, 5.41) is 8.68. The van der Waals surface area contributed by atoms with E-state index in [1.165, 1.54) is 12.8 Å². The van der Waals surface area contributed by atoms with E-state index in [1.54, 1.807) is 13.3 Å². The van der Waals surface area contributed by atoms with Crippen LogP contribution < -0.4 is 5.32 Å². The summed E-state index contributed by atoms with van der Waals surface area (Å²) in [5.41, 5.74) is 1.13. The summed E-state index contributed by atoms with van der Waals surface area (Å²) in [6.45, 7) is 6.89. The number of rotatable bonds is 8. The van der Waals surface area contributed by atoms with Gasteiger partial charge < -0.3 is 10.1 Å². The first-order valence-corrected chi connectivity index (χ1v) is 7.36. The van der Waals surface area contributed by atoms with Crippen LogP contribution in [0.4, 0.5) is 0 Å². The zero-order chi connectivity index (χ0) is 13.9. The van der Waals surface area contributed by atoms with Crippen molar-refractivity contribution in [3.8, 4) is 0 Å². The quantitative estimate of drug-likeness (QED) is 0.798. The molecular formula is C14H24ClN3O. The number of methoxy groups -OCH3 is 1. The van der Waals surface area contributed by atoms with Gasteiger partial charge in [-0.05, 0) is 25.8 Å². The molecule has 0 radical (unpaired) electrons. The van der Waals surface area contributed by atoms with Gasteiger partial charge in [-0.2, -0.15) is 5.10 Å². The predicted octanol–water partition coefficient (Wildman–Crippen LogP) is 2.60. The van der Waals surface area contributed by atoms with Crippen molar-refractivity contribution in [1.29, 1.82) is 0 Å². The summed E-state index contributed by atoms with van der Waals surface area (Å²) in [7, 11) is 1.70. The van der Waals surface area contributed by atoms with Crippen molar-refractivity contribution >= 4 is 11.6 Å². The Morgan fingerprint density at radius 2 is 2.26 bits per heavy atom. The van der Waals surface area contributed by atoms with Gasteiger partial charge in [0.25, 0.3) is 0 Å². The fourth-order valence-electron chi connectivity index (χ4n) is 2.38. The first-order valence-electron chi connectivity index (χ1n) is 6.98. The van der Waals surface area contributed by atoms with Crippen LogP contribution in [0.2, 0.25) is 5.02 Å². The van der Waals surface area contributed by atoms with Gasteiger partial charge in [0.2, 0.25) is 0 Å². The van der Waals surface area contributed by atoms with E-state index in [2.05, 4.69) is 24.3 Å². The van der Waals surface area contributed by atoms with Crippen molar-refractivity contribution in [1.82, 2.24) is 15.1 Å². The third-order valence-electron chi connectivity index (χ3n) is 3.70. The average Bonchev–Trinajstić information content (AvgIpc) is 3.08. The lowest BCUT2D eigenvalue weighted by Gasteiger charge is -2.26. The highest BCUT2D eigenvalue weighted by atomic mass is 35.5. The monoisotopic (exact) mass is 285 g/mol. The van der Waals surface area contributed by atoms with E-state index in [-0.39, 0.29) is 5.41 Å². The molecule has 1 fully saturated rings. The van der Waals surface area contributed by atoms with E-state index >= 15 is 0 Å². The molecule has 0 saturated heterocycles. The Labute approximate surface area is 120 Å². The molecule has 0 unspecified atom stereocenters. The third kappa shape index (κ3) is 3.94. The number of aromatic nitrogens is 2. The number of nitrogens with zero attached hydrogens (tertiary/aromatic N) is 2. The second kappa shape index (κ2) is 6.25. The van der Waals surface area contributed by atoms with Crippen molar-refractivity contribution in [2.75, 3.05) is 20.3 Å². The van der Waals surface area contributed by atoms with Crippen LogP contribution in [0.15, 0.2) is 6.20 Å². The number of nitrogens with one attached hydrogen (secondary N) is 1. The molecule has 0 bridgehead atoms. The second-order valence-corrected chi connectivity index (χ2v) is 6.33. The topological polar surface area (TPSA) is 39.1 Å². The highest BCUT2D eigenvalue weighted by Gasteiger charge is 2.29. The molecule has 1 heterocycles. The van der Waals surface area contributed by atoms with E-state index in [4.69, 9.17) is 16.3 Å². The van der Waals surface area contributed by atoms with Gasteiger partial charge in [-0.25, -0.2) is 0 Å². The van der Waals surface area contributed by atoms with Gasteiger partial charge in [0.05, 0.1) is 30.1 Å². The Kier molecular flexibility index (Phi) is 4.87. The van der Waals surface area contributed by atoms with Crippen molar-refractivity contribution < 1.29 is 4.74 Å². The van der Waals surface area contributed by atoms with E-state index in [1.807, 2.05) is 4.68 Å². The predicted molar refractivity (Wildman–Crippen MR) is 77.8 cm³/mol. The minimum atomic E-state index is 0.0171. The molecule has 1 saturated carbocycles. The Balaban J connectivity index is 2.01. The van der Waals surface area contributed by atoms with Crippen LogP contribution in [0.3, 0.4) is 0 Å². The van der Waals surface area contributed by atoms with Gasteiger partial charge >= 0.3 is 0 Å². The van der Waals surface area contributed by atoms with Gasteiger partial charge in [-0.1, -0.05) is 25.4 Å². The van der Waals surface area contributed by atoms with E-state index in [0.29, 0.717) is 6.61 Å². The summed E-state index contributed by atoms with van der Waals surface area (Å²) in [6.07, 6.45) is 5.45. The van der Waals surface area contributed by atoms with E-state index < -0.39 is 0 Å². The van der Waals surface area contributed by atoms with Gasteiger partial charge in [0.1, 0.15) is 0 Å². The van der Waals surface area contributed by atoms with Crippen molar-refractivity contribution in [2.45, 2.75) is 51.1 Å².